The van der Waals surface area contributed by atoms with Crippen molar-refractivity contribution in [1.29, 1.82) is 0 Å². The lowest BCUT2D eigenvalue weighted by molar-refractivity contribution is 0.182. The number of methoxy groups -OCH3 is 2. The number of benzene rings is 1. The molecular formula is C14H22N2O2. The first-order valence-corrected chi connectivity index (χ1v) is 6.43. The molecule has 0 amide bonds. The highest BCUT2D eigenvalue weighted by molar-refractivity contribution is 5.42. The first-order chi connectivity index (χ1) is 8.76. The van der Waals surface area contributed by atoms with Crippen LogP contribution in [-0.2, 0) is 0 Å². The van der Waals surface area contributed by atoms with Gasteiger partial charge in [0.1, 0.15) is 11.5 Å². The topological polar surface area (TPSA) is 33.7 Å². The molecule has 1 aliphatic rings. The molecule has 100 valence electrons. The lowest BCUT2D eigenvalue weighted by atomic mass is 10.0. The van der Waals surface area contributed by atoms with E-state index in [0.29, 0.717) is 6.04 Å². The molecule has 0 spiro atoms. The average molecular weight is 250 g/mol. The Balaban J connectivity index is 2.23. The van der Waals surface area contributed by atoms with E-state index in [1.54, 1.807) is 14.2 Å². The van der Waals surface area contributed by atoms with E-state index in [1.807, 2.05) is 12.1 Å². The van der Waals surface area contributed by atoms with Gasteiger partial charge in [-0.3, -0.25) is 4.90 Å². The number of piperazine rings is 1. The fourth-order valence-electron chi connectivity index (χ4n) is 2.43. The molecule has 0 saturated carbocycles. The minimum absolute atomic E-state index is 0.345. The minimum atomic E-state index is 0.345. The van der Waals surface area contributed by atoms with Crippen molar-refractivity contribution < 1.29 is 9.47 Å². The molecule has 0 radical (unpaired) electrons. The van der Waals surface area contributed by atoms with E-state index < -0.39 is 0 Å². The first kappa shape index (κ1) is 13.2. The normalized spacial score (nSPS) is 18.4. The largest absolute Gasteiger partial charge is 0.497 e. The molecule has 1 fully saturated rings. The maximum absolute atomic E-state index is 5.46. The van der Waals surface area contributed by atoms with Crippen LogP contribution < -0.4 is 14.8 Å². The third-order valence-corrected chi connectivity index (χ3v) is 3.59. The van der Waals surface area contributed by atoms with E-state index >= 15 is 0 Å². The molecule has 0 unspecified atom stereocenters. The van der Waals surface area contributed by atoms with Gasteiger partial charge in [0.05, 0.1) is 14.2 Å². The van der Waals surface area contributed by atoms with Crippen LogP contribution in [-0.4, -0.2) is 45.3 Å². The summed E-state index contributed by atoms with van der Waals surface area (Å²) in [6.07, 6.45) is 0. The van der Waals surface area contributed by atoms with Crippen molar-refractivity contribution >= 4 is 0 Å². The minimum Gasteiger partial charge on any atom is -0.497 e. The third kappa shape index (κ3) is 2.76. The highest BCUT2D eigenvalue weighted by Crippen LogP contribution is 2.32. The van der Waals surface area contributed by atoms with Crippen LogP contribution in [0.4, 0.5) is 0 Å². The molecule has 4 heteroatoms. The Morgan fingerprint density at radius 3 is 2.50 bits per heavy atom. The molecule has 1 aromatic rings. The van der Waals surface area contributed by atoms with E-state index in [-0.39, 0.29) is 0 Å². The van der Waals surface area contributed by atoms with Crippen LogP contribution in [0, 0.1) is 0 Å². The Hall–Kier alpha value is -1.26. The SMILES string of the molecule is COc1ccc(OC)c([C@@H](C)N2CCNCC2)c1. The summed E-state index contributed by atoms with van der Waals surface area (Å²) in [5.74, 6) is 1.81. The second-order valence-corrected chi connectivity index (χ2v) is 4.57. The summed E-state index contributed by atoms with van der Waals surface area (Å²) >= 11 is 0. The van der Waals surface area contributed by atoms with Gasteiger partial charge < -0.3 is 14.8 Å². The van der Waals surface area contributed by atoms with Gasteiger partial charge in [0, 0.05) is 37.8 Å². The molecule has 1 aromatic carbocycles. The van der Waals surface area contributed by atoms with Crippen molar-refractivity contribution in [3.05, 3.63) is 23.8 Å². The van der Waals surface area contributed by atoms with Crippen molar-refractivity contribution in [2.24, 2.45) is 0 Å². The summed E-state index contributed by atoms with van der Waals surface area (Å²) in [5.41, 5.74) is 1.19. The molecule has 1 saturated heterocycles. The Labute approximate surface area is 109 Å². The quantitative estimate of drug-likeness (QED) is 0.881. The van der Waals surface area contributed by atoms with Crippen LogP contribution >= 0.6 is 0 Å². The summed E-state index contributed by atoms with van der Waals surface area (Å²) in [6, 6.07) is 6.34. The molecule has 1 heterocycles. The number of rotatable bonds is 4. The smallest absolute Gasteiger partial charge is 0.123 e. The highest BCUT2D eigenvalue weighted by atomic mass is 16.5. The van der Waals surface area contributed by atoms with Crippen molar-refractivity contribution in [2.45, 2.75) is 13.0 Å². The van der Waals surface area contributed by atoms with Gasteiger partial charge in [-0.1, -0.05) is 0 Å². The standard InChI is InChI=1S/C14H22N2O2/c1-11(16-8-6-15-7-9-16)13-10-12(17-2)4-5-14(13)18-3/h4-5,10-11,15H,6-9H2,1-3H3/t11-/m1/s1. The van der Waals surface area contributed by atoms with Gasteiger partial charge in [-0.15, -0.1) is 0 Å². The second kappa shape index (κ2) is 6.07. The Bertz CT molecular complexity index is 389. The summed E-state index contributed by atoms with van der Waals surface area (Å²) in [6.45, 7) is 6.47. The maximum atomic E-state index is 5.46. The van der Waals surface area contributed by atoms with E-state index in [0.717, 1.165) is 37.7 Å². The molecule has 1 aliphatic heterocycles. The maximum Gasteiger partial charge on any atom is 0.123 e. The van der Waals surface area contributed by atoms with Gasteiger partial charge in [0.2, 0.25) is 0 Å². The van der Waals surface area contributed by atoms with Gasteiger partial charge >= 0.3 is 0 Å². The number of ether oxygens (including phenoxy) is 2. The Morgan fingerprint density at radius 2 is 1.89 bits per heavy atom. The highest BCUT2D eigenvalue weighted by Gasteiger charge is 2.21. The number of hydrogen-bond donors (Lipinski definition) is 1. The lowest BCUT2D eigenvalue weighted by Gasteiger charge is -2.33. The molecular weight excluding hydrogens is 228 g/mol. The Morgan fingerprint density at radius 1 is 1.17 bits per heavy atom. The molecule has 0 aromatic heterocycles. The van der Waals surface area contributed by atoms with E-state index in [4.69, 9.17) is 9.47 Å². The third-order valence-electron chi connectivity index (χ3n) is 3.59. The summed E-state index contributed by atoms with van der Waals surface area (Å²) in [7, 11) is 3.41. The lowest BCUT2D eigenvalue weighted by Crippen LogP contribution is -2.44. The molecule has 4 nitrogen and oxygen atoms in total. The summed E-state index contributed by atoms with van der Waals surface area (Å²) in [5, 5.41) is 3.37. The van der Waals surface area contributed by atoms with Crippen molar-refractivity contribution in [1.82, 2.24) is 10.2 Å². The van der Waals surface area contributed by atoms with Crippen LogP contribution in [0.25, 0.3) is 0 Å². The fraction of sp³-hybridized carbons (Fsp3) is 0.571. The van der Waals surface area contributed by atoms with E-state index in [2.05, 4.69) is 23.2 Å². The summed E-state index contributed by atoms with van der Waals surface area (Å²) < 4.78 is 10.8. The van der Waals surface area contributed by atoms with Crippen molar-refractivity contribution in [3.8, 4) is 11.5 Å². The van der Waals surface area contributed by atoms with Crippen LogP contribution in [0.1, 0.15) is 18.5 Å². The molecule has 1 atom stereocenters. The molecule has 1 N–H and O–H groups in total. The van der Waals surface area contributed by atoms with Gasteiger partial charge in [-0.05, 0) is 25.1 Å². The van der Waals surface area contributed by atoms with Gasteiger partial charge in [-0.2, -0.15) is 0 Å². The molecule has 2 rings (SSSR count). The zero-order valence-electron chi connectivity index (χ0n) is 11.4. The second-order valence-electron chi connectivity index (χ2n) is 4.57. The Kier molecular flexibility index (Phi) is 4.44. The average Bonchev–Trinajstić information content (AvgIpc) is 2.46. The van der Waals surface area contributed by atoms with Crippen LogP contribution in [0.5, 0.6) is 11.5 Å². The van der Waals surface area contributed by atoms with Gasteiger partial charge in [-0.25, -0.2) is 0 Å². The van der Waals surface area contributed by atoms with E-state index in [1.165, 1.54) is 5.56 Å². The fourth-order valence-corrected chi connectivity index (χ4v) is 2.43. The zero-order valence-corrected chi connectivity index (χ0v) is 11.4. The monoisotopic (exact) mass is 250 g/mol. The predicted octanol–water partition coefficient (Wildman–Crippen LogP) is 1.67. The molecule has 0 bridgehead atoms. The number of hydrogen-bond acceptors (Lipinski definition) is 4. The molecule has 0 aliphatic carbocycles. The van der Waals surface area contributed by atoms with Crippen LogP contribution in [0.15, 0.2) is 18.2 Å². The van der Waals surface area contributed by atoms with Crippen LogP contribution in [0.3, 0.4) is 0 Å². The zero-order chi connectivity index (χ0) is 13.0. The van der Waals surface area contributed by atoms with Gasteiger partial charge in [0.15, 0.2) is 0 Å². The predicted molar refractivity (Wildman–Crippen MR) is 72.4 cm³/mol. The summed E-state index contributed by atoms with van der Waals surface area (Å²) in [4.78, 5) is 2.47. The van der Waals surface area contributed by atoms with Gasteiger partial charge in [0.25, 0.3) is 0 Å². The van der Waals surface area contributed by atoms with Crippen LogP contribution in [0.2, 0.25) is 0 Å². The number of nitrogens with one attached hydrogen (secondary N) is 1. The number of nitrogens with zero attached hydrogens (tertiary/aromatic N) is 1. The first-order valence-electron chi connectivity index (χ1n) is 6.43. The molecule has 18 heavy (non-hydrogen) atoms. The van der Waals surface area contributed by atoms with Crippen molar-refractivity contribution in [3.63, 3.8) is 0 Å². The van der Waals surface area contributed by atoms with E-state index in [9.17, 15) is 0 Å². The van der Waals surface area contributed by atoms with Crippen molar-refractivity contribution in [2.75, 3.05) is 40.4 Å².